The van der Waals surface area contributed by atoms with E-state index in [1.54, 1.807) is 7.11 Å². The first kappa shape index (κ1) is 20.2. The van der Waals surface area contributed by atoms with Gasteiger partial charge in [-0.2, -0.15) is 4.98 Å². The van der Waals surface area contributed by atoms with Crippen LogP contribution in [0.4, 0.5) is 0 Å². The molecule has 33 heavy (non-hydrogen) atoms. The van der Waals surface area contributed by atoms with Crippen LogP contribution in [0.1, 0.15) is 34.5 Å². The smallest absolute Gasteiger partial charge is 0.281 e. The Hall–Kier alpha value is -3.38. The summed E-state index contributed by atoms with van der Waals surface area (Å²) in [6, 6.07) is 18.0. The van der Waals surface area contributed by atoms with Gasteiger partial charge in [-0.15, -0.1) is 0 Å². The molecule has 0 spiro atoms. The molecule has 0 N–H and O–H groups in total. The van der Waals surface area contributed by atoms with E-state index in [-0.39, 0.29) is 5.56 Å². The second-order valence-electron chi connectivity index (χ2n) is 8.30. The monoisotopic (exact) mass is 500 g/mol. The molecule has 0 fully saturated rings. The summed E-state index contributed by atoms with van der Waals surface area (Å²) in [5.74, 6) is 2.29. The normalized spacial score (nSPS) is 15.5. The zero-order chi connectivity index (χ0) is 22.5. The van der Waals surface area contributed by atoms with Crippen LogP contribution in [0.2, 0.25) is 0 Å². The second kappa shape index (κ2) is 7.89. The summed E-state index contributed by atoms with van der Waals surface area (Å²) in [6.07, 6.45) is 3.96. The third-order valence-corrected chi connectivity index (χ3v) is 7.28. The number of hydrogen-bond donors (Lipinski definition) is 0. The predicted octanol–water partition coefficient (Wildman–Crippen LogP) is 5.44. The van der Waals surface area contributed by atoms with Gasteiger partial charge in [0.1, 0.15) is 17.3 Å². The van der Waals surface area contributed by atoms with Crippen molar-refractivity contribution in [2.75, 3.05) is 13.7 Å². The summed E-state index contributed by atoms with van der Waals surface area (Å²) in [6.45, 7) is 1.34. The molecule has 0 atom stereocenters. The van der Waals surface area contributed by atoms with Gasteiger partial charge in [0, 0.05) is 16.7 Å². The van der Waals surface area contributed by atoms with Crippen LogP contribution in [0.5, 0.6) is 11.5 Å². The Balaban J connectivity index is 1.67. The van der Waals surface area contributed by atoms with E-state index in [4.69, 9.17) is 9.47 Å². The highest BCUT2D eigenvalue weighted by Crippen LogP contribution is 2.43. The number of ether oxygens (including phenoxy) is 2. The van der Waals surface area contributed by atoms with Gasteiger partial charge in [-0.05, 0) is 64.2 Å². The van der Waals surface area contributed by atoms with Crippen molar-refractivity contribution in [2.45, 2.75) is 19.4 Å². The third kappa shape index (κ3) is 3.20. The molecule has 3 heterocycles. The number of fused-ring (bicyclic) bond motifs is 5. The van der Waals surface area contributed by atoms with Gasteiger partial charge in [0.2, 0.25) is 0 Å². The van der Waals surface area contributed by atoms with Crippen LogP contribution in [-0.4, -0.2) is 23.3 Å². The van der Waals surface area contributed by atoms with Crippen LogP contribution < -0.4 is 15.0 Å². The van der Waals surface area contributed by atoms with Gasteiger partial charge in [0.15, 0.2) is 0 Å². The van der Waals surface area contributed by atoms with Crippen LogP contribution in [-0.2, 0) is 13.0 Å². The highest BCUT2D eigenvalue weighted by Gasteiger charge is 2.26. The quantitative estimate of drug-likeness (QED) is 0.323. The van der Waals surface area contributed by atoms with E-state index in [1.165, 1.54) is 5.56 Å². The first-order chi connectivity index (χ1) is 16.2. The molecule has 4 aromatic rings. The van der Waals surface area contributed by atoms with Gasteiger partial charge in [0.25, 0.3) is 5.56 Å². The van der Waals surface area contributed by atoms with E-state index in [1.807, 2.05) is 42.5 Å². The number of benzene rings is 3. The Morgan fingerprint density at radius 3 is 2.85 bits per heavy atom. The number of hydrogen-bond acceptors (Lipinski definition) is 4. The lowest BCUT2D eigenvalue weighted by Crippen LogP contribution is -2.23. The molecule has 3 aromatic carbocycles. The number of methoxy groups -OCH3 is 1. The van der Waals surface area contributed by atoms with Gasteiger partial charge in [0.05, 0.1) is 35.6 Å². The molecule has 0 radical (unpaired) electrons. The molecular formula is C27H21BrN2O3. The summed E-state index contributed by atoms with van der Waals surface area (Å²) >= 11 is 3.69. The molecule has 0 aliphatic carbocycles. The van der Waals surface area contributed by atoms with Crippen molar-refractivity contribution in [1.29, 1.82) is 0 Å². The fourth-order valence-electron chi connectivity index (χ4n) is 4.86. The fourth-order valence-corrected chi connectivity index (χ4v) is 5.52. The Labute approximate surface area is 199 Å². The molecule has 0 unspecified atom stereocenters. The van der Waals surface area contributed by atoms with Crippen molar-refractivity contribution in [3.8, 4) is 11.5 Å². The van der Waals surface area contributed by atoms with Crippen molar-refractivity contribution >= 4 is 38.5 Å². The van der Waals surface area contributed by atoms with Crippen LogP contribution >= 0.6 is 15.9 Å². The van der Waals surface area contributed by atoms with Gasteiger partial charge >= 0.3 is 0 Å². The van der Waals surface area contributed by atoms with Crippen molar-refractivity contribution < 1.29 is 9.47 Å². The maximum absolute atomic E-state index is 12.9. The minimum atomic E-state index is -0.214. The first-order valence-electron chi connectivity index (χ1n) is 11.0. The van der Waals surface area contributed by atoms with Crippen molar-refractivity contribution in [3.63, 3.8) is 0 Å². The van der Waals surface area contributed by atoms with Crippen LogP contribution in [0.15, 0.2) is 63.9 Å². The average molecular weight is 501 g/mol. The van der Waals surface area contributed by atoms with E-state index in [0.29, 0.717) is 24.4 Å². The molecule has 5 nitrogen and oxygen atoms in total. The Morgan fingerprint density at radius 1 is 1.15 bits per heavy atom. The molecule has 0 amide bonds. The molecule has 164 valence electrons. The molecular weight excluding hydrogens is 480 g/mol. The zero-order valence-corrected chi connectivity index (χ0v) is 19.7. The minimum absolute atomic E-state index is 0.214. The molecule has 6 rings (SSSR count). The lowest BCUT2D eigenvalue weighted by atomic mass is 9.92. The van der Waals surface area contributed by atoms with E-state index < -0.39 is 0 Å². The van der Waals surface area contributed by atoms with Gasteiger partial charge < -0.3 is 14.0 Å². The summed E-state index contributed by atoms with van der Waals surface area (Å²) in [7, 11) is 1.67. The maximum atomic E-state index is 12.9. The summed E-state index contributed by atoms with van der Waals surface area (Å²) in [4.78, 5) is 17.5. The Kier molecular flexibility index (Phi) is 4.84. The van der Waals surface area contributed by atoms with Crippen molar-refractivity contribution in [2.24, 2.45) is 0 Å². The fraction of sp³-hybridized carbons (Fsp3) is 0.185. The molecule has 0 saturated heterocycles. The van der Waals surface area contributed by atoms with Crippen molar-refractivity contribution in [3.05, 3.63) is 97.5 Å². The number of aromatic nitrogens is 2. The topological polar surface area (TPSA) is 53.4 Å². The second-order valence-corrected chi connectivity index (χ2v) is 9.09. The number of nitrogens with zero attached hydrogens (tertiary/aromatic N) is 2. The molecule has 2 aliphatic rings. The average Bonchev–Trinajstić information content (AvgIpc) is 2.86. The Bertz CT molecular complexity index is 1520. The molecule has 1 aromatic heterocycles. The molecule has 0 bridgehead atoms. The Morgan fingerprint density at radius 2 is 1.97 bits per heavy atom. The van der Waals surface area contributed by atoms with Crippen LogP contribution in [0.25, 0.3) is 22.6 Å². The third-order valence-electron chi connectivity index (χ3n) is 6.41. The maximum Gasteiger partial charge on any atom is 0.281 e. The predicted molar refractivity (Wildman–Crippen MR) is 133 cm³/mol. The molecule has 2 aliphatic heterocycles. The summed E-state index contributed by atoms with van der Waals surface area (Å²) in [5, 5.41) is 0.631. The lowest BCUT2D eigenvalue weighted by Gasteiger charge is -2.26. The van der Waals surface area contributed by atoms with Crippen LogP contribution in [0, 0.1) is 0 Å². The standard InChI is InChI=1S/C27H21BrN2O3/c1-32-23-14-17(25-20(24(23)28)10-6-12-33-25)13-21-18-8-3-2-7-16(18)15-30-22-11-5-4-9-19(22)27(31)29-26(21)30/h2-5,7-9,11,13-14H,6,10,12,15H2,1H3. The van der Waals surface area contributed by atoms with Crippen molar-refractivity contribution in [1.82, 2.24) is 9.55 Å². The lowest BCUT2D eigenvalue weighted by molar-refractivity contribution is 0.286. The minimum Gasteiger partial charge on any atom is -0.496 e. The van der Waals surface area contributed by atoms with Crippen LogP contribution in [0.3, 0.4) is 0 Å². The molecule has 0 saturated carbocycles. The van der Waals surface area contributed by atoms with E-state index >= 15 is 0 Å². The molecule has 6 heteroatoms. The number of halogens is 1. The number of para-hydroxylation sites is 1. The highest BCUT2D eigenvalue weighted by molar-refractivity contribution is 9.10. The van der Waals surface area contributed by atoms with E-state index in [9.17, 15) is 4.79 Å². The number of rotatable bonds is 2. The van der Waals surface area contributed by atoms with Gasteiger partial charge in [-0.1, -0.05) is 36.4 Å². The van der Waals surface area contributed by atoms with Gasteiger partial charge in [-0.25, -0.2) is 0 Å². The summed E-state index contributed by atoms with van der Waals surface area (Å²) in [5.41, 5.74) is 5.87. The largest absolute Gasteiger partial charge is 0.496 e. The summed E-state index contributed by atoms with van der Waals surface area (Å²) < 4.78 is 14.9. The van der Waals surface area contributed by atoms with Gasteiger partial charge in [-0.3, -0.25) is 4.79 Å². The van der Waals surface area contributed by atoms with E-state index in [0.717, 1.165) is 56.6 Å². The van der Waals surface area contributed by atoms with E-state index in [2.05, 4.69) is 43.7 Å². The highest BCUT2D eigenvalue weighted by atomic mass is 79.9. The SMILES string of the molecule is COc1cc(C=C2c3ccccc3Cn3c2nc(=O)c2ccccc23)c2c(c1Br)CCCO2. The zero-order valence-electron chi connectivity index (χ0n) is 18.1. The first-order valence-corrected chi connectivity index (χ1v) is 11.8.